The van der Waals surface area contributed by atoms with Gasteiger partial charge in [0.05, 0.1) is 5.69 Å². The highest BCUT2D eigenvalue weighted by atomic mass is 16.3. The van der Waals surface area contributed by atoms with Crippen LogP contribution in [0.25, 0.3) is 0 Å². The highest BCUT2D eigenvalue weighted by Gasteiger charge is 2.25. The van der Waals surface area contributed by atoms with Crippen molar-refractivity contribution in [2.45, 2.75) is 12.5 Å². The number of anilines is 1. The molecule has 1 heterocycles. The molecule has 1 saturated heterocycles. The lowest BCUT2D eigenvalue weighted by Gasteiger charge is -2.11. The number of hydrogen-bond acceptors (Lipinski definition) is 4. The Labute approximate surface area is 119 Å². The van der Waals surface area contributed by atoms with Crippen LogP contribution in [0.2, 0.25) is 0 Å². The van der Waals surface area contributed by atoms with E-state index in [2.05, 4.69) is 17.7 Å². The number of carbonyl (C=O) groups is 1. The van der Waals surface area contributed by atoms with Crippen LogP contribution in [0, 0.1) is 12.3 Å². The van der Waals surface area contributed by atoms with E-state index >= 15 is 0 Å². The van der Waals surface area contributed by atoms with Gasteiger partial charge in [-0.05, 0) is 24.6 Å². The Morgan fingerprint density at radius 1 is 1.60 bits per heavy atom. The van der Waals surface area contributed by atoms with Crippen molar-refractivity contribution in [3.8, 4) is 12.3 Å². The minimum atomic E-state index is -0.722. The van der Waals surface area contributed by atoms with E-state index in [4.69, 9.17) is 11.5 Å². The van der Waals surface area contributed by atoms with Crippen molar-refractivity contribution in [2.24, 2.45) is 5.10 Å². The van der Waals surface area contributed by atoms with Gasteiger partial charge in [0.15, 0.2) is 0 Å². The van der Waals surface area contributed by atoms with Gasteiger partial charge in [-0.1, -0.05) is 12.0 Å². The van der Waals surface area contributed by atoms with Crippen LogP contribution in [0.15, 0.2) is 29.4 Å². The van der Waals surface area contributed by atoms with Crippen molar-refractivity contribution in [2.75, 3.05) is 25.6 Å². The fourth-order valence-corrected chi connectivity index (χ4v) is 1.68. The van der Waals surface area contributed by atoms with Crippen molar-refractivity contribution in [3.63, 3.8) is 0 Å². The summed E-state index contributed by atoms with van der Waals surface area (Å²) in [7, 11) is 3.52. The summed E-state index contributed by atoms with van der Waals surface area (Å²) < 4.78 is 0. The number of aliphatic hydroxyl groups is 1. The molecule has 2 rings (SSSR count). The van der Waals surface area contributed by atoms with Gasteiger partial charge in [0.1, 0.15) is 6.10 Å². The predicted octanol–water partition coefficient (Wildman–Crippen LogP) is 0.929. The SMILES string of the molecule is C#Cc1cccc(N(C)N=C)c1.CN1CCC(O)C1=O. The fourth-order valence-electron chi connectivity index (χ4n) is 1.68. The van der Waals surface area contributed by atoms with E-state index in [1.54, 1.807) is 12.1 Å². The molecule has 1 aliphatic rings. The van der Waals surface area contributed by atoms with Crippen LogP contribution in [0.4, 0.5) is 5.69 Å². The topological polar surface area (TPSA) is 56.1 Å². The fraction of sp³-hybridized carbons (Fsp3) is 0.333. The van der Waals surface area contributed by atoms with Gasteiger partial charge in [0.25, 0.3) is 5.91 Å². The van der Waals surface area contributed by atoms with Crippen molar-refractivity contribution >= 4 is 18.3 Å². The van der Waals surface area contributed by atoms with Gasteiger partial charge in [-0.2, -0.15) is 5.10 Å². The highest BCUT2D eigenvalue weighted by Crippen LogP contribution is 2.13. The summed E-state index contributed by atoms with van der Waals surface area (Å²) in [4.78, 5) is 12.1. The molecule has 5 heteroatoms. The molecule has 0 aliphatic carbocycles. The molecule has 1 N–H and O–H groups in total. The second-order valence-corrected chi connectivity index (χ2v) is 4.42. The molecule has 1 aromatic rings. The molecule has 1 fully saturated rings. The van der Waals surface area contributed by atoms with Crippen molar-refractivity contribution in [1.29, 1.82) is 0 Å². The number of rotatable bonds is 2. The van der Waals surface area contributed by atoms with Crippen molar-refractivity contribution < 1.29 is 9.90 Å². The molecule has 1 amide bonds. The van der Waals surface area contributed by atoms with Crippen LogP contribution in [-0.4, -0.2) is 49.4 Å². The Morgan fingerprint density at radius 2 is 2.30 bits per heavy atom. The summed E-state index contributed by atoms with van der Waals surface area (Å²) >= 11 is 0. The number of likely N-dealkylation sites (tertiary alicyclic amines) is 1. The average Bonchev–Trinajstić information content (AvgIpc) is 2.78. The van der Waals surface area contributed by atoms with E-state index in [1.807, 2.05) is 31.3 Å². The molecule has 1 unspecified atom stereocenters. The second kappa shape index (κ2) is 7.31. The first-order chi connectivity index (χ1) is 9.49. The Kier molecular flexibility index (Phi) is 5.75. The van der Waals surface area contributed by atoms with Gasteiger partial charge in [-0.15, -0.1) is 6.42 Å². The molecule has 106 valence electrons. The maximum atomic E-state index is 10.6. The Morgan fingerprint density at radius 3 is 2.70 bits per heavy atom. The molecule has 0 bridgehead atoms. The summed E-state index contributed by atoms with van der Waals surface area (Å²) in [5.74, 6) is 2.41. The first-order valence-electron chi connectivity index (χ1n) is 6.19. The van der Waals surface area contributed by atoms with Crippen LogP contribution >= 0.6 is 0 Å². The first-order valence-corrected chi connectivity index (χ1v) is 6.19. The standard InChI is InChI=1S/C10H10N2.C5H9NO2/c1-4-9-6-5-7-10(8-9)12(3)11-2;1-6-3-2-4(7)5(6)8/h1,5-8H,2H2,3H3;4,7H,2-3H2,1H3. The molecule has 0 spiro atoms. The van der Waals surface area contributed by atoms with E-state index in [1.165, 1.54) is 4.90 Å². The van der Waals surface area contributed by atoms with Gasteiger partial charge in [-0.25, -0.2) is 0 Å². The Balaban J connectivity index is 0.000000217. The number of carbonyl (C=O) groups excluding carboxylic acids is 1. The van der Waals surface area contributed by atoms with E-state index < -0.39 is 6.10 Å². The number of nitrogens with zero attached hydrogens (tertiary/aromatic N) is 3. The largest absolute Gasteiger partial charge is 0.383 e. The van der Waals surface area contributed by atoms with Gasteiger partial charge < -0.3 is 10.0 Å². The summed E-state index contributed by atoms with van der Waals surface area (Å²) in [5, 5.41) is 14.2. The van der Waals surface area contributed by atoms with Crippen LogP contribution in [-0.2, 0) is 4.79 Å². The lowest BCUT2D eigenvalue weighted by atomic mass is 10.2. The van der Waals surface area contributed by atoms with E-state index in [0.717, 1.165) is 11.3 Å². The van der Waals surface area contributed by atoms with E-state index in [0.29, 0.717) is 13.0 Å². The summed E-state index contributed by atoms with van der Waals surface area (Å²) in [6.45, 7) is 4.11. The molecule has 1 atom stereocenters. The molecule has 1 aliphatic heterocycles. The van der Waals surface area contributed by atoms with Gasteiger partial charge in [0, 0.05) is 32.9 Å². The molecule has 1 aromatic carbocycles. The molecule has 20 heavy (non-hydrogen) atoms. The third-order valence-corrected chi connectivity index (χ3v) is 3.00. The molecule has 0 aromatic heterocycles. The Bertz CT molecular complexity index is 510. The van der Waals surface area contributed by atoms with Crippen LogP contribution in [0.1, 0.15) is 12.0 Å². The van der Waals surface area contributed by atoms with Gasteiger partial charge in [-0.3, -0.25) is 9.80 Å². The normalized spacial score (nSPS) is 17.0. The van der Waals surface area contributed by atoms with Crippen LogP contribution < -0.4 is 5.01 Å². The monoisotopic (exact) mass is 273 g/mol. The zero-order valence-electron chi connectivity index (χ0n) is 11.8. The zero-order valence-corrected chi connectivity index (χ0v) is 11.8. The lowest BCUT2D eigenvalue weighted by molar-refractivity contribution is -0.133. The summed E-state index contributed by atoms with van der Waals surface area (Å²) in [6.07, 6.45) is 5.12. The van der Waals surface area contributed by atoms with Gasteiger partial charge >= 0.3 is 0 Å². The van der Waals surface area contributed by atoms with Crippen LogP contribution in [0.3, 0.4) is 0 Å². The van der Waals surface area contributed by atoms with Crippen LogP contribution in [0.5, 0.6) is 0 Å². The maximum absolute atomic E-state index is 10.6. The molecular weight excluding hydrogens is 254 g/mol. The number of hydrogen-bond donors (Lipinski definition) is 1. The smallest absolute Gasteiger partial charge is 0.251 e. The molecular formula is C15H19N3O2. The first kappa shape index (κ1) is 15.7. The van der Waals surface area contributed by atoms with Crippen molar-refractivity contribution in [1.82, 2.24) is 4.90 Å². The van der Waals surface area contributed by atoms with Crippen molar-refractivity contribution in [3.05, 3.63) is 29.8 Å². The lowest BCUT2D eigenvalue weighted by Crippen LogP contribution is -2.24. The maximum Gasteiger partial charge on any atom is 0.251 e. The van der Waals surface area contributed by atoms with E-state index in [-0.39, 0.29) is 5.91 Å². The average molecular weight is 273 g/mol. The third-order valence-electron chi connectivity index (χ3n) is 3.00. The number of amides is 1. The molecule has 0 saturated carbocycles. The number of likely N-dealkylation sites (N-methyl/N-ethyl adjacent to an activating group) is 1. The molecule has 5 nitrogen and oxygen atoms in total. The predicted molar refractivity (Wildman–Crippen MR) is 80.6 cm³/mol. The van der Waals surface area contributed by atoms with Gasteiger partial charge in [0.2, 0.25) is 0 Å². The third kappa shape index (κ3) is 4.11. The zero-order chi connectivity index (χ0) is 15.1. The number of terminal acetylenes is 1. The summed E-state index contributed by atoms with van der Waals surface area (Å²) in [5.41, 5.74) is 1.79. The quantitative estimate of drug-likeness (QED) is 0.495. The number of hydrazone groups is 1. The molecule has 0 radical (unpaired) electrons. The number of benzene rings is 1. The minimum Gasteiger partial charge on any atom is -0.383 e. The van der Waals surface area contributed by atoms with E-state index in [9.17, 15) is 4.79 Å². The summed E-state index contributed by atoms with van der Waals surface area (Å²) in [6, 6.07) is 7.58. The number of aliphatic hydroxyl groups excluding tert-OH is 1. The second-order valence-electron chi connectivity index (χ2n) is 4.42. The minimum absolute atomic E-state index is 0.148. The highest BCUT2D eigenvalue weighted by molar-refractivity contribution is 5.82. The Hall–Kier alpha value is -2.32.